The largest absolute Gasteiger partial charge is 0.497 e. The van der Waals surface area contributed by atoms with Gasteiger partial charge in [-0.25, -0.2) is 4.79 Å². The van der Waals surface area contributed by atoms with Crippen molar-refractivity contribution in [2.75, 3.05) is 40.4 Å². The summed E-state index contributed by atoms with van der Waals surface area (Å²) in [5.74, 6) is 1.11. The third kappa shape index (κ3) is 4.05. The predicted octanol–water partition coefficient (Wildman–Crippen LogP) is 2.03. The monoisotopic (exact) mass is 358 g/mol. The molecule has 0 spiro atoms. The minimum atomic E-state index is -0.482. The molecule has 1 aliphatic heterocycles. The lowest BCUT2D eigenvalue weighted by Crippen LogP contribution is -2.48. The number of carbonyl (C=O) groups is 2. The molecule has 1 aromatic carbocycles. The quantitative estimate of drug-likeness (QED) is 0.762. The summed E-state index contributed by atoms with van der Waals surface area (Å²) in [5.41, 5.74) is 0.631. The first-order valence-electron chi connectivity index (χ1n) is 8.43. The van der Waals surface area contributed by atoms with E-state index in [0.717, 1.165) is 13.1 Å². The van der Waals surface area contributed by atoms with E-state index >= 15 is 0 Å². The van der Waals surface area contributed by atoms with Gasteiger partial charge in [-0.1, -0.05) is 6.07 Å². The minimum absolute atomic E-state index is 0.00882. The topological polar surface area (TPSA) is 72.2 Å². The Bertz CT molecular complexity index is 778. The fourth-order valence-electron chi connectivity index (χ4n) is 2.94. The van der Waals surface area contributed by atoms with Crippen molar-refractivity contribution in [3.05, 3.63) is 53.5 Å². The molecule has 1 fully saturated rings. The van der Waals surface area contributed by atoms with Crippen LogP contribution in [0.5, 0.6) is 5.75 Å². The number of piperazine rings is 1. The second kappa shape index (κ2) is 8.05. The molecule has 26 heavy (non-hydrogen) atoms. The molecule has 1 aromatic heterocycles. The molecule has 7 heteroatoms. The lowest BCUT2D eigenvalue weighted by atomic mass is 10.1. The van der Waals surface area contributed by atoms with Gasteiger partial charge in [0, 0.05) is 31.7 Å². The number of carbonyl (C=O) groups excluding carboxylic acids is 2. The van der Waals surface area contributed by atoms with Crippen molar-refractivity contribution in [1.29, 1.82) is 0 Å². The fraction of sp³-hybridized carbons (Fsp3) is 0.368. The molecule has 0 unspecified atom stereocenters. The molecule has 3 rings (SSSR count). The highest BCUT2D eigenvalue weighted by Gasteiger charge is 2.23. The standard InChI is InChI=1S/C19H22N2O5/c1-24-15-5-3-4-14(12-15)18(22)21-10-8-20(9-11-21)13-16-6-7-17(26-16)19(23)25-2/h3-7,12H,8-11,13H2,1-2H3. The van der Waals surface area contributed by atoms with Crippen molar-refractivity contribution in [2.45, 2.75) is 6.54 Å². The molecule has 0 bridgehead atoms. The van der Waals surface area contributed by atoms with E-state index in [4.69, 9.17) is 9.15 Å². The molecule has 0 saturated carbocycles. The number of rotatable bonds is 5. The lowest BCUT2D eigenvalue weighted by molar-refractivity contribution is 0.0549. The Kier molecular flexibility index (Phi) is 5.58. The third-order valence-corrected chi connectivity index (χ3v) is 4.40. The first kappa shape index (κ1) is 18.0. The summed E-state index contributed by atoms with van der Waals surface area (Å²) in [7, 11) is 2.91. The summed E-state index contributed by atoms with van der Waals surface area (Å²) in [6.45, 7) is 3.35. The van der Waals surface area contributed by atoms with Crippen LogP contribution < -0.4 is 4.74 Å². The van der Waals surface area contributed by atoms with E-state index in [9.17, 15) is 9.59 Å². The van der Waals surface area contributed by atoms with Gasteiger partial charge in [0.1, 0.15) is 11.5 Å². The molecule has 7 nitrogen and oxygen atoms in total. The van der Waals surface area contributed by atoms with E-state index in [2.05, 4.69) is 9.64 Å². The maximum Gasteiger partial charge on any atom is 0.373 e. The SMILES string of the molecule is COC(=O)c1ccc(CN2CCN(C(=O)c3cccc(OC)c3)CC2)o1. The molecule has 0 aliphatic carbocycles. The molecule has 2 heterocycles. The van der Waals surface area contributed by atoms with Crippen molar-refractivity contribution in [3.8, 4) is 5.75 Å². The molecule has 138 valence electrons. The van der Waals surface area contributed by atoms with Crippen LogP contribution in [0.25, 0.3) is 0 Å². The molecule has 1 aliphatic rings. The number of esters is 1. The number of ether oxygens (including phenoxy) is 2. The van der Waals surface area contributed by atoms with Gasteiger partial charge >= 0.3 is 5.97 Å². The van der Waals surface area contributed by atoms with Gasteiger partial charge in [-0.3, -0.25) is 9.69 Å². The van der Waals surface area contributed by atoms with Crippen LogP contribution >= 0.6 is 0 Å². The van der Waals surface area contributed by atoms with Crippen LogP contribution in [-0.2, 0) is 11.3 Å². The van der Waals surface area contributed by atoms with Gasteiger partial charge in [0.05, 0.1) is 20.8 Å². The Morgan fingerprint density at radius 1 is 1.08 bits per heavy atom. The third-order valence-electron chi connectivity index (χ3n) is 4.40. The summed E-state index contributed by atoms with van der Waals surface area (Å²) < 4.78 is 15.3. The van der Waals surface area contributed by atoms with Crippen LogP contribution in [0.1, 0.15) is 26.7 Å². The molecule has 1 saturated heterocycles. The second-order valence-corrected chi connectivity index (χ2v) is 6.06. The zero-order chi connectivity index (χ0) is 18.5. The minimum Gasteiger partial charge on any atom is -0.497 e. The van der Waals surface area contributed by atoms with Gasteiger partial charge in [0.15, 0.2) is 0 Å². The van der Waals surface area contributed by atoms with Gasteiger partial charge in [0.2, 0.25) is 5.76 Å². The lowest BCUT2D eigenvalue weighted by Gasteiger charge is -2.34. The van der Waals surface area contributed by atoms with E-state index in [1.807, 2.05) is 17.0 Å². The maximum atomic E-state index is 12.6. The Balaban J connectivity index is 1.54. The van der Waals surface area contributed by atoms with Crippen LogP contribution in [-0.4, -0.2) is 62.1 Å². The van der Waals surface area contributed by atoms with Crippen molar-refractivity contribution < 1.29 is 23.5 Å². The first-order chi connectivity index (χ1) is 12.6. The average Bonchev–Trinajstić information content (AvgIpc) is 3.16. The van der Waals surface area contributed by atoms with Crippen molar-refractivity contribution >= 4 is 11.9 Å². The summed E-state index contributed by atoms with van der Waals surface area (Å²) in [4.78, 5) is 28.1. The zero-order valence-electron chi connectivity index (χ0n) is 14.9. The van der Waals surface area contributed by atoms with Crippen molar-refractivity contribution in [2.24, 2.45) is 0 Å². The van der Waals surface area contributed by atoms with E-state index in [-0.39, 0.29) is 11.7 Å². The number of hydrogen-bond donors (Lipinski definition) is 0. The summed E-state index contributed by atoms with van der Waals surface area (Å²) in [6, 6.07) is 10.6. The highest BCUT2D eigenvalue weighted by Crippen LogP contribution is 2.17. The van der Waals surface area contributed by atoms with E-state index in [0.29, 0.717) is 36.7 Å². The number of methoxy groups -OCH3 is 2. The average molecular weight is 358 g/mol. The Labute approximate surface area is 152 Å². The number of hydrogen-bond acceptors (Lipinski definition) is 6. The van der Waals surface area contributed by atoms with Gasteiger partial charge in [-0.2, -0.15) is 0 Å². The highest BCUT2D eigenvalue weighted by atomic mass is 16.5. The smallest absolute Gasteiger partial charge is 0.373 e. The zero-order valence-corrected chi connectivity index (χ0v) is 14.9. The van der Waals surface area contributed by atoms with Gasteiger partial charge < -0.3 is 18.8 Å². The van der Waals surface area contributed by atoms with E-state index in [1.54, 1.807) is 31.4 Å². The van der Waals surface area contributed by atoms with Crippen LogP contribution in [0.3, 0.4) is 0 Å². The van der Waals surface area contributed by atoms with Gasteiger partial charge in [0.25, 0.3) is 5.91 Å². The second-order valence-electron chi connectivity index (χ2n) is 6.06. The Hall–Kier alpha value is -2.80. The van der Waals surface area contributed by atoms with Crippen LogP contribution in [0.2, 0.25) is 0 Å². The Morgan fingerprint density at radius 2 is 1.85 bits per heavy atom. The molecule has 0 atom stereocenters. The highest BCUT2D eigenvalue weighted by molar-refractivity contribution is 5.94. The molecule has 2 aromatic rings. The van der Waals surface area contributed by atoms with Crippen molar-refractivity contribution in [1.82, 2.24) is 9.80 Å². The van der Waals surface area contributed by atoms with Crippen LogP contribution in [0, 0.1) is 0 Å². The molecule has 1 amide bonds. The first-order valence-corrected chi connectivity index (χ1v) is 8.43. The predicted molar refractivity (Wildman–Crippen MR) is 94.2 cm³/mol. The summed E-state index contributed by atoms with van der Waals surface area (Å²) >= 11 is 0. The molecule has 0 N–H and O–H groups in total. The fourth-order valence-corrected chi connectivity index (χ4v) is 2.94. The number of benzene rings is 1. The van der Waals surface area contributed by atoms with Crippen molar-refractivity contribution in [3.63, 3.8) is 0 Å². The summed E-state index contributed by atoms with van der Waals surface area (Å²) in [6.07, 6.45) is 0. The maximum absolute atomic E-state index is 12.6. The number of furan rings is 1. The number of amides is 1. The van der Waals surface area contributed by atoms with Gasteiger partial charge in [-0.05, 0) is 30.3 Å². The van der Waals surface area contributed by atoms with Crippen LogP contribution in [0.4, 0.5) is 0 Å². The molecular weight excluding hydrogens is 336 g/mol. The molecular formula is C19H22N2O5. The van der Waals surface area contributed by atoms with E-state index in [1.165, 1.54) is 7.11 Å². The number of nitrogens with zero attached hydrogens (tertiary/aromatic N) is 2. The molecule has 0 radical (unpaired) electrons. The summed E-state index contributed by atoms with van der Waals surface area (Å²) in [5, 5.41) is 0. The Morgan fingerprint density at radius 3 is 2.54 bits per heavy atom. The van der Waals surface area contributed by atoms with Crippen LogP contribution in [0.15, 0.2) is 40.8 Å². The van der Waals surface area contributed by atoms with Gasteiger partial charge in [-0.15, -0.1) is 0 Å². The van der Waals surface area contributed by atoms with E-state index < -0.39 is 5.97 Å². The normalized spacial score (nSPS) is 14.9.